The standard InChI is InChI=1S/C8H12F7N/c1-2-3-4-5(16)6(9,10)7(11,12)8(13,14)15/h5H,2-4,16H2,1H3/t5-/m1/s1. The van der Waals surface area contributed by atoms with Crippen LogP contribution in [0.15, 0.2) is 0 Å². The first kappa shape index (κ1) is 15.5. The summed E-state index contributed by atoms with van der Waals surface area (Å²) in [5.41, 5.74) is 4.69. The summed E-state index contributed by atoms with van der Waals surface area (Å²) in [5.74, 6) is -11.4. The quantitative estimate of drug-likeness (QED) is 0.749. The summed E-state index contributed by atoms with van der Waals surface area (Å²) in [5, 5.41) is 0. The monoisotopic (exact) mass is 255 g/mol. The van der Waals surface area contributed by atoms with Crippen molar-refractivity contribution in [1.29, 1.82) is 0 Å². The van der Waals surface area contributed by atoms with E-state index in [1.807, 2.05) is 0 Å². The van der Waals surface area contributed by atoms with Crippen molar-refractivity contribution in [3.05, 3.63) is 0 Å². The third-order valence-corrected chi connectivity index (χ3v) is 2.11. The highest BCUT2D eigenvalue weighted by Crippen LogP contribution is 2.48. The van der Waals surface area contributed by atoms with E-state index in [0.29, 0.717) is 6.42 Å². The molecule has 8 heteroatoms. The van der Waals surface area contributed by atoms with Crippen LogP contribution >= 0.6 is 0 Å². The smallest absolute Gasteiger partial charge is 0.322 e. The Hall–Kier alpha value is -0.530. The molecule has 0 radical (unpaired) electrons. The first-order valence-corrected chi connectivity index (χ1v) is 4.56. The summed E-state index contributed by atoms with van der Waals surface area (Å²) >= 11 is 0. The van der Waals surface area contributed by atoms with Crippen molar-refractivity contribution in [2.24, 2.45) is 5.73 Å². The number of halogens is 7. The van der Waals surface area contributed by atoms with E-state index in [-0.39, 0.29) is 6.42 Å². The second kappa shape index (κ2) is 4.77. The molecule has 0 aliphatic heterocycles. The lowest BCUT2D eigenvalue weighted by atomic mass is 9.98. The molecule has 0 aromatic rings. The molecular weight excluding hydrogens is 243 g/mol. The Balaban J connectivity index is 4.89. The first-order chi connectivity index (χ1) is 6.98. The zero-order valence-electron chi connectivity index (χ0n) is 8.42. The van der Waals surface area contributed by atoms with Gasteiger partial charge < -0.3 is 5.73 Å². The Labute approximate surface area is 87.8 Å². The van der Waals surface area contributed by atoms with Crippen LogP contribution in [0.5, 0.6) is 0 Å². The van der Waals surface area contributed by atoms with Crippen LogP contribution in [0.25, 0.3) is 0 Å². The van der Waals surface area contributed by atoms with Crippen LogP contribution in [0.2, 0.25) is 0 Å². The third kappa shape index (κ3) is 2.78. The van der Waals surface area contributed by atoms with Gasteiger partial charge in [-0.1, -0.05) is 19.8 Å². The van der Waals surface area contributed by atoms with Gasteiger partial charge in [-0.25, -0.2) is 0 Å². The van der Waals surface area contributed by atoms with Gasteiger partial charge >= 0.3 is 18.0 Å². The van der Waals surface area contributed by atoms with E-state index in [9.17, 15) is 30.7 Å². The molecule has 0 aromatic carbocycles. The van der Waals surface area contributed by atoms with Gasteiger partial charge in [0.2, 0.25) is 0 Å². The molecule has 98 valence electrons. The Morgan fingerprint density at radius 3 is 1.75 bits per heavy atom. The molecular formula is C8H12F7N. The highest BCUT2D eigenvalue weighted by Gasteiger charge is 2.74. The zero-order chi connectivity index (χ0) is 13.2. The van der Waals surface area contributed by atoms with Crippen molar-refractivity contribution in [3.8, 4) is 0 Å². The fraction of sp³-hybridized carbons (Fsp3) is 1.00. The predicted octanol–water partition coefficient (Wildman–Crippen LogP) is 3.34. The molecule has 1 nitrogen and oxygen atoms in total. The van der Waals surface area contributed by atoms with Crippen molar-refractivity contribution in [1.82, 2.24) is 0 Å². The Kier molecular flexibility index (Phi) is 4.61. The van der Waals surface area contributed by atoms with Crippen molar-refractivity contribution < 1.29 is 30.7 Å². The van der Waals surface area contributed by atoms with Gasteiger partial charge in [0.1, 0.15) is 0 Å². The molecule has 0 rings (SSSR count). The maximum Gasteiger partial charge on any atom is 0.459 e. The van der Waals surface area contributed by atoms with E-state index in [2.05, 4.69) is 0 Å². The van der Waals surface area contributed by atoms with E-state index >= 15 is 0 Å². The van der Waals surface area contributed by atoms with Gasteiger partial charge in [-0.3, -0.25) is 0 Å². The van der Waals surface area contributed by atoms with Crippen LogP contribution in [0.3, 0.4) is 0 Å². The van der Waals surface area contributed by atoms with E-state index < -0.39 is 30.5 Å². The van der Waals surface area contributed by atoms with Crippen molar-refractivity contribution in [3.63, 3.8) is 0 Å². The Bertz CT molecular complexity index is 223. The number of unbranched alkanes of at least 4 members (excludes halogenated alkanes) is 1. The van der Waals surface area contributed by atoms with Gasteiger partial charge in [0.05, 0.1) is 6.04 Å². The van der Waals surface area contributed by atoms with Crippen LogP contribution < -0.4 is 5.73 Å². The molecule has 0 fully saturated rings. The average molecular weight is 255 g/mol. The molecule has 0 saturated heterocycles. The molecule has 0 saturated carbocycles. The number of hydrogen-bond donors (Lipinski definition) is 1. The molecule has 0 aromatic heterocycles. The van der Waals surface area contributed by atoms with Crippen molar-refractivity contribution >= 4 is 0 Å². The van der Waals surface area contributed by atoms with E-state index in [1.165, 1.54) is 0 Å². The van der Waals surface area contributed by atoms with Crippen LogP contribution in [0, 0.1) is 0 Å². The van der Waals surface area contributed by atoms with Crippen molar-refractivity contribution in [2.75, 3.05) is 0 Å². The number of alkyl halides is 7. The summed E-state index contributed by atoms with van der Waals surface area (Å²) in [4.78, 5) is 0. The van der Waals surface area contributed by atoms with Gasteiger partial charge in [-0.05, 0) is 6.42 Å². The molecule has 2 N–H and O–H groups in total. The Morgan fingerprint density at radius 2 is 1.44 bits per heavy atom. The molecule has 1 atom stereocenters. The van der Waals surface area contributed by atoms with Crippen LogP contribution in [0.1, 0.15) is 26.2 Å². The molecule has 0 bridgehead atoms. The van der Waals surface area contributed by atoms with Crippen LogP contribution in [-0.2, 0) is 0 Å². The van der Waals surface area contributed by atoms with Crippen LogP contribution in [-0.4, -0.2) is 24.1 Å². The third-order valence-electron chi connectivity index (χ3n) is 2.11. The topological polar surface area (TPSA) is 26.0 Å². The maximum absolute atomic E-state index is 12.8. The minimum atomic E-state index is -6.31. The maximum atomic E-state index is 12.8. The highest BCUT2D eigenvalue weighted by atomic mass is 19.4. The summed E-state index contributed by atoms with van der Waals surface area (Å²) in [6, 6.07) is -2.51. The molecule has 0 heterocycles. The molecule has 0 aliphatic carbocycles. The van der Waals surface area contributed by atoms with Crippen molar-refractivity contribution in [2.45, 2.75) is 50.2 Å². The number of hydrogen-bond acceptors (Lipinski definition) is 1. The van der Waals surface area contributed by atoms with Gasteiger partial charge in [0.15, 0.2) is 0 Å². The summed E-state index contributed by atoms with van der Waals surface area (Å²) < 4.78 is 85.7. The summed E-state index contributed by atoms with van der Waals surface area (Å²) in [6.07, 6.45) is -6.46. The van der Waals surface area contributed by atoms with E-state index in [0.717, 1.165) is 0 Å². The minimum Gasteiger partial charge on any atom is -0.322 e. The number of rotatable bonds is 5. The molecule has 0 amide bonds. The fourth-order valence-corrected chi connectivity index (χ4v) is 1.03. The second-order valence-corrected chi connectivity index (χ2v) is 3.44. The first-order valence-electron chi connectivity index (χ1n) is 4.56. The fourth-order valence-electron chi connectivity index (χ4n) is 1.03. The summed E-state index contributed by atoms with van der Waals surface area (Å²) in [6.45, 7) is 1.58. The molecule has 0 unspecified atom stereocenters. The minimum absolute atomic E-state index is 0.0602. The van der Waals surface area contributed by atoms with E-state index in [4.69, 9.17) is 5.73 Å². The second-order valence-electron chi connectivity index (χ2n) is 3.44. The van der Waals surface area contributed by atoms with Gasteiger partial charge in [-0.2, -0.15) is 30.7 Å². The SMILES string of the molecule is CCCC[C@@H](N)C(F)(F)C(F)(F)C(F)(F)F. The lowest BCUT2D eigenvalue weighted by Crippen LogP contribution is -2.60. The van der Waals surface area contributed by atoms with E-state index in [1.54, 1.807) is 6.92 Å². The largest absolute Gasteiger partial charge is 0.459 e. The lowest BCUT2D eigenvalue weighted by Gasteiger charge is -2.32. The van der Waals surface area contributed by atoms with Gasteiger partial charge in [0, 0.05) is 0 Å². The summed E-state index contributed by atoms with van der Waals surface area (Å²) in [7, 11) is 0. The van der Waals surface area contributed by atoms with Gasteiger partial charge in [0.25, 0.3) is 0 Å². The number of nitrogens with two attached hydrogens (primary N) is 1. The molecule has 0 aliphatic rings. The predicted molar refractivity (Wildman–Crippen MR) is 43.4 cm³/mol. The molecule has 16 heavy (non-hydrogen) atoms. The lowest BCUT2D eigenvalue weighted by molar-refractivity contribution is -0.358. The zero-order valence-corrected chi connectivity index (χ0v) is 8.42. The average Bonchev–Trinajstić information content (AvgIpc) is 2.11. The molecule has 0 spiro atoms. The van der Waals surface area contributed by atoms with Crippen LogP contribution in [0.4, 0.5) is 30.7 Å². The Morgan fingerprint density at radius 1 is 1.00 bits per heavy atom. The normalized spacial score (nSPS) is 16.3. The van der Waals surface area contributed by atoms with Gasteiger partial charge in [-0.15, -0.1) is 0 Å². The highest BCUT2D eigenvalue weighted by molar-refractivity contribution is 4.97.